The lowest BCUT2D eigenvalue weighted by molar-refractivity contribution is 0.103. The molecule has 21 heavy (non-hydrogen) atoms. The molecule has 0 heterocycles. The molecule has 0 bridgehead atoms. The minimum atomic E-state index is -0.444. The van der Waals surface area contributed by atoms with Crippen molar-refractivity contribution >= 4 is 21.7 Å². The number of carbonyl (C=O) groups excluding carboxylic acids is 1. The predicted molar refractivity (Wildman–Crippen MR) is 81.8 cm³/mol. The zero-order chi connectivity index (χ0) is 15.6. The summed E-state index contributed by atoms with van der Waals surface area (Å²) in [7, 11) is 3.01. The molecule has 2 aromatic carbocycles. The van der Waals surface area contributed by atoms with Gasteiger partial charge in [-0.05, 0) is 52.7 Å². The van der Waals surface area contributed by atoms with Gasteiger partial charge in [-0.2, -0.15) is 0 Å². The maximum Gasteiger partial charge on any atom is 0.194 e. The molecule has 0 saturated heterocycles. The maximum absolute atomic E-state index is 13.4. The van der Waals surface area contributed by atoms with Crippen LogP contribution in [-0.2, 0) is 0 Å². The van der Waals surface area contributed by atoms with Gasteiger partial charge >= 0.3 is 0 Å². The van der Waals surface area contributed by atoms with E-state index in [9.17, 15) is 9.18 Å². The Morgan fingerprint density at radius 1 is 1.05 bits per heavy atom. The third kappa shape index (κ3) is 3.08. The Morgan fingerprint density at radius 2 is 1.67 bits per heavy atom. The largest absolute Gasteiger partial charge is 0.493 e. The molecule has 0 fully saturated rings. The minimum absolute atomic E-state index is 0.278. The van der Waals surface area contributed by atoms with E-state index in [1.54, 1.807) is 25.1 Å². The van der Waals surface area contributed by atoms with Crippen molar-refractivity contribution in [2.24, 2.45) is 0 Å². The second-order valence-corrected chi connectivity index (χ2v) is 5.33. The summed E-state index contributed by atoms with van der Waals surface area (Å²) in [4.78, 5) is 12.6. The monoisotopic (exact) mass is 352 g/mol. The molecule has 2 aromatic rings. The van der Waals surface area contributed by atoms with E-state index in [4.69, 9.17) is 9.47 Å². The SMILES string of the molecule is COc1cc(Br)c(C(=O)c2cc(F)ccc2C)cc1OC. The van der Waals surface area contributed by atoms with Crippen molar-refractivity contribution in [2.45, 2.75) is 6.92 Å². The fourth-order valence-electron chi connectivity index (χ4n) is 2.01. The van der Waals surface area contributed by atoms with Gasteiger partial charge in [0.25, 0.3) is 0 Å². The van der Waals surface area contributed by atoms with Gasteiger partial charge in [-0.15, -0.1) is 0 Å². The summed E-state index contributed by atoms with van der Waals surface area (Å²) in [5.41, 5.74) is 1.42. The first-order chi connectivity index (χ1) is 9.97. The summed E-state index contributed by atoms with van der Waals surface area (Å²) >= 11 is 3.34. The third-order valence-corrected chi connectivity index (χ3v) is 3.82. The van der Waals surface area contributed by atoms with Gasteiger partial charge in [0.2, 0.25) is 0 Å². The maximum atomic E-state index is 13.4. The average molecular weight is 353 g/mol. The number of benzene rings is 2. The fraction of sp³-hybridized carbons (Fsp3) is 0.188. The van der Waals surface area contributed by atoms with E-state index in [2.05, 4.69) is 15.9 Å². The van der Waals surface area contributed by atoms with Crippen LogP contribution in [0.4, 0.5) is 4.39 Å². The van der Waals surface area contributed by atoms with Crippen LogP contribution in [0.15, 0.2) is 34.8 Å². The number of carbonyl (C=O) groups is 1. The molecular formula is C16H14BrFO3. The quantitative estimate of drug-likeness (QED) is 0.775. The van der Waals surface area contributed by atoms with Crippen LogP contribution in [0.1, 0.15) is 21.5 Å². The molecule has 5 heteroatoms. The highest BCUT2D eigenvalue weighted by Crippen LogP contribution is 2.34. The molecule has 0 radical (unpaired) electrons. The Morgan fingerprint density at radius 3 is 2.29 bits per heavy atom. The first-order valence-corrected chi connectivity index (χ1v) is 6.99. The first kappa shape index (κ1) is 15.5. The Labute approximate surface area is 130 Å². The fourth-order valence-corrected chi connectivity index (χ4v) is 2.51. The van der Waals surface area contributed by atoms with Crippen molar-refractivity contribution in [1.29, 1.82) is 0 Å². The number of hydrogen-bond donors (Lipinski definition) is 0. The van der Waals surface area contributed by atoms with Crippen LogP contribution in [-0.4, -0.2) is 20.0 Å². The lowest BCUT2D eigenvalue weighted by Gasteiger charge is -2.12. The molecule has 0 saturated carbocycles. The molecule has 0 aliphatic carbocycles. The van der Waals surface area contributed by atoms with E-state index < -0.39 is 5.82 Å². The Bertz CT molecular complexity index is 698. The smallest absolute Gasteiger partial charge is 0.194 e. The number of ketones is 1. The number of methoxy groups -OCH3 is 2. The van der Waals surface area contributed by atoms with Crippen molar-refractivity contribution < 1.29 is 18.7 Å². The highest BCUT2D eigenvalue weighted by Gasteiger charge is 2.19. The molecule has 0 atom stereocenters. The topological polar surface area (TPSA) is 35.5 Å². The molecule has 0 amide bonds. The average Bonchev–Trinajstić information content (AvgIpc) is 2.48. The molecule has 0 aromatic heterocycles. The summed E-state index contributed by atoms with van der Waals surface area (Å²) in [5, 5.41) is 0. The summed E-state index contributed by atoms with van der Waals surface area (Å²) in [6, 6.07) is 7.38. The number of aryl methyl sites for hydroxylation is 1. The van der Waals surface area contributed by atoms with E-state index >= 15 is 0 Å². The first-order valence-electron chi connectivity index (χ1n) is 6.20. The van der Waals surface area contributed by atoms with E-state index in [1.165, 1.54) is 26.4 Å². The van der Waals surface area contributed by atoms with Crippen molar-refractivity contribution in [2.75, 3.05) is 14.2 Å². The molecule has 0 spiro atoms. The highest BCUT2D eigenvalue weighted by molar-refractivity contribution is 9.10. The molecule has 0 N–H and O–H groups in total. The van der Waals surface area contributed by atoms with Gasteiger partial charge in [-0.25, -0.2) is 4.39 Å². The van der Waals surface area contributed by atoms with Crippen LogP contribution >= 0.6 is 15.9 Å². The molecular weight excluding hydrogens is 339 g/mol. The summed E-state index contributed by atoms with van der Waals surface area (Å²) < 4.78 is 24.3. The van der Waals surface area contributed by atoms with Crippen LogP contribution in [0.5, 0.6) is 11.5 Å². The molecule has 0 aliphatic rings. The molecule has 0 unspecified atom stereocenters. The number of hydrogen-bond acceptors (Lipinski definition) is 3. The van der Waals surface area contributed by atoms with Gasteiger partial charge in [0.1, 0.15) is 5.82 Å². The van der Waals surface area contributed by atoms with Crippen LogP contribution in [0.25, 0.3) is 0 Å². The van der Waals surface area contributed by atoms with Crippen molar-refractivity contribution in [3.05, 3.63) is 57.3 Å². The van der Waals surface area contributed by atoms with Crippen molar-refractivity contribution in [3.8, 4) is 11.5 Å². The van der Waals surface area contributed by atoms with Gasteiger partial charge < -0.3 is 9.47 Å². The van der Waals surface area contributed by atoms with E-state index in [0.29, 0.717) is 32.7 Å². The van der Waals surface area contributed by atoms with Gasteiger partial charge in [0.15, 0.2) is 17.3 Å². The molecule has 110 valence electrons. The minimum Gasteiger partial charge on any atom is -0.493 e. The lowest BCUT2D eigenvalue weighted by Crippen LogP contribution is -2.06. The van der Waals surface area contributed by atoms with Gasteiger partial charge in [0, 0.05) is 15.6 Å². The lowest BCUT2D eigenvalue weighted by atomic mass is 9.98. The van der Waals surface area contributed by atoms with Crippen molar-refractivity contribution in [3.63, 3.8) is 0 Å². The van der Waals surface area contributed by atoms with Gasteiger partial charge in [0.05, 0.1) is 14.2 Å². The van der Waals surface area contributed by atoms with E-state index in [-0.39, 0.29) is 5.78 Å². The van der Waals surface area contributed by atoms with Crippen LogP contribution < -0.4 is 9.47 Å². The number of halogens is 2. The zero-order valence-corrected chi connectivity index (χ0v) is 13.5. The number of ether oxygens (including phenoxy) is 2. The third-order valence-electron chi connectivity index (χ3n) is 3.16. The highest BCUT2D eigenvalue weighted by atomic mass is 79.9. The summed E-state index contributed by atoms with van der Waals surface area (Å²) in [5.74, 6) is 0.232. The molecule has 2 rings (SSSR count). The van der Waals surface area contributed by atoms with Crippen LogP contribution in [0.2, 0.25) is 0 Å². The second-order valence-electron chi connectivity index (χ2n) is 4.48. The Balaban J connectivity index is 2.55. The van der Waals surface area contributed by atoms with E-state index in [1.807, 2.05) is 0 Å². The van der Waals surface area contributed by atoms with E-state index in [0.717, 1.165) is 0 Å². The zero-order valence-electron chi connectivity index (χ0n) is 11.9. The molecule has 0 aliphatic heterocycles. The summed E-state index contributed by atoms with van der Waals surface area (Å²) in [6.45, 7) is 1.77. The Hall–Kier alpha value is -1.88. The van der Waals surface area contributed by atoms with Crippen LogP contribution in [0, 0.1) is 12.7 Å². The second kappa shape index (κ2) is 6.26. The van der Waals surface area contributed by atoms with Crippen molar-refractivity contribution in [1.82, 2.24) is 0 Å². The van der Waals surface area contributed by atoms with Gasteiger partial charge in [-0.3, -0.25) is 4.79 Å². The number of rotatable bonds is 4. The standard InChI is InChI=1S/C16H14BrFO3/c1-9-4-5-10(18)6-11(9)16(19)12-7-14(20-2)15(21-3)8-13(12)17/h4-8H,1-3H3. The Kier molecular flexibility index (Phi) is 4.63. The normalized spacial score (nSPS) is 10.3. The summed E-state index contributed by atoms with van der Waals surface area (Å²) in [6.07, 6.45) is 0. The molecule has 3 nitrogen and oxygen atoms in total. The predicted octanol–water partition coefficient (Wildman–Crippen LogP) is 4.14. The van der Waals surface area contributed by atoms with Crippen LogP contribution in [0.3, 0.4) is 0 Å². The van der Waals surface area contributed by atoms with Gasteiger partial charge in [-0.1, -0.05) is 6.07 Å².